The molecule has 7 rings (SSSR count). The van der Waals surface area contributed by atoms with Gasteiger partial charge in [0.05, 0.1) is 19.6 Å². The minimum atomic E-state index is -3.91. The van der Waals surface area contributed by atoms with E-state index in [2.05, 4.69) is 31.0 Å². The smallest absolute Gasteiger partial charge is 0.266 e. The highest BCUT2D eigenvalue weighted by molar-refractivity contribution is 9.10. The number of benzene rings is 5. The van der Waals surface area contributed by atoms with Gasteiger partial charge in [-0.1, -0.05) is 102 Å². The SMILES string of the molecule is C.C.COc1cc(-c2ccccc2)ccc1S(=O)(=O)Nc1noc2ccccc12.COc1cc(Br)ccc1S(=O)(=O)Cc1noc2ccccc12. The zero-order valence-electron chi connectivity index (χ0n) is 26.0. The molecule has 2 heterocycles. The number of anilines is 1. The van der Waals surface area contributed by atoms with Crippen LogP contribution in [0.2, 0.25) is 0 Å². The van der Waals surface area contributed by atoms with E-state index in [1.54, 1.807) is 60.7 Å². The number of sulfonamides is 1. The normalized spacial score (nSPS) is 11.1. The molecule has 0 fully saturated rings. The number of para-hydroxylation sites is 2. The Hall–Kier alpha value is -5.18. The summed E-state index contributed by atoms with van der Waals surface area (Å²) < 4.78 is 75.1. The first kappa shape index (κ1) is 38.6. The third-order valence-corrected chi connectivity index (χ3v) is 10.9. The van der Waals surface area contributed by atoms with E-state index in [1.165, 1.54) is 26.4 Å². The molecule has 14 heteroatoms. The number of nitrogens with one attached hydrogen (secondary N) is 1. The average Bonchev–Trinajstić information content (AvgIpc) is 3.71. The largest absolute Gasteiger partial charge is 0.495 e. The molecule has 0 unspecified atom stereocenters. The number of hydrogen-bond donors (Lipinski definition) is 1. The molecule has 11 nitrogen and oxygen atoms in total. The summed E-state index contributed by atoms with van der Waals surface area (Å²) in [7, 11) is -4.64. The molecule has 5 aromatic carbocycles. The van der Waals surface area contributed by atoms with Gasteiger partial charge in [0.15, 0.2) is 26.8 Å². The zero-order valence-corrected chi connectivity index (χ0v) is 29.3. The summed E-state index contributed by atoms with van der Waals surface area (Å²) in [5.41, 5.74) is 3.28. The van der Waals surface area contributed by atoms with Crippen molar-refractivity contribution in [1.82, 2.24) is 10.3 Å². The Labute approximate surface area is 305 Å². The second kappa shape index (κ2) is 16.2. The molecule has 0 radical (unpaired) electrons. The second-order valence-corrected chi connectivity index (χ2v) is 15.1. The number of fused-ring (bicyclic) bond motifs is 2. The monoisotopic (exact) mass is 793 g/mol. The van der Waals surface area contributed by atoms with Crippen molar-refractivity contribution in [3.8, 4) is 22.6 Å². The van der Waals surface area contributed by atoms with Crippen LogP contribution in [0.25, 0.3) is 33.1 Å². The summed E-state index contributed by atoms with van der Waals surface area (Å²) in [4.78, 5) is 0.155. The first-order valence-electron chi connectivity index (χ1n) is 14.6. The van der Waals surface area contributed by atoms with Gasteiger partial charge in [0.25, 0.3) is 10.0 Å². The van der Waals surface area contributed by atoms with Gasteiger partial charge in [0.2, 0.25) is 0 Å². The van der Waals surface area contributed by atoms with Crippen molar-refractivity contribution in [3.05, 3.63) is 125 Å². The van der Waals surface area contributed by atoms with Gasteiger partial charge in [-0.05, 0) is 65.7 Å². The second-order valence-electron chi connectivity index (χ2n) is 10.5. The number of methoxy groups -OCH3 is 2. The van der Waals surface area contributed by atoms with Crippen molar-refractivity contribution < 1.29 is 35.4 Å². The van der Waals surface area contributed by atoms with Gasteiger partial charge in [0, 0.05) is 9.86 Å². The van der Waals surface area contributed by atoms with E-state index in [1.807, 2.05) is 42.5 Å². The van der Waals surface area contributed by atoms with Crippen molar-refractivity contribution in [2.45, 2.75) is 30.4 Å². The minimum absolute atomic E-state index is 0. The number of halogens is 1. The number of hydrogen-bond acceptors (Lipinski definition) is 10. The van der Waals surface area contributed by atoms with Crippen molar-refractivity contribution >= 4 is 63.5 Å². The molecule has 0 bridgehead atoms. The van der Waals surface area contributed by atoms with E-state index in [0.717, 1.165) is 15.6 Å². The summed E-state index contributed by atoms with van der Waals surface area (Å²) >= 11 is 3.29. The number of ether oxygens (including phenoxy) is 2. The molecule has 0 amide bonds. The Balaban J connectivity index is 0.000000224. The van der Waals surface area contributed by atoms with Gasteiger partial charge in [-0.15, -0.1) is 0 Å². The quantitative estimate of drug-likeness (QED) is 0.150. The highest BCUT2D eigenvalue weighted by Gasteiger charge is 2.24. The van der Waals surface area contributed by atoms with Gasteiger partial charge in [-0.25, -0.2) is 16.8 Å². The highest BCUT2D eigenvalue weighted by atomic mass is 79.9. The van der Waals surface area contributed by atoms with Crippen LogP contribution in [0.3, 0.4) is 0 Å². The molecule has 0 saturated carbocycles. The van der Waals surface area contributed by atoms with Crippen LogP contribution in [0.1, 0.15) is 20.5 Å². The molecule has 0 atom stereocenters. The Bertz CT molecular complexity index is 2480. The fourth-order valence-corrected chi connectivity index (χ4v) is 7.99. The fraction of sp³-hybridized carbons (Fsp3) is 0.135. The summed E-state index contributed by atoms with van der Waals surface area (Å²) in [6.07, 6.45) is 0. The van der Waals surface area contributed by atoms with E-state index < -0.39 is 19.9 Å². The van der Waals surface area contributed by atoms with Gasteiger partial charge < -0.3 is 18.5 Å². The maximum absolute atomic E-state index is 12.9. The van der Waals surface area contributed by atoms with Crippen LogP contribution in [-0.2, 0) is 25.6 Å². The van der Waals surface area contributed by atoms with Crippen LogP contribution < -0.4 is 14.2 Å². The predicted octanol–water partition coefficient (Wildman–Crippen LogP) is 9.15. The fourth-order valence-electron chi connectivity index (χ4n) is 5.04. The molecular weight excluding hydrogens is 758 g/mol. The third-order valence-electron chi connectivity index (χ3n) is 7.41. The van der Waals surface area contributed by atoms with Gasteiger partial charge >= 0.3 is 0 Å². The number of rotatable bonds is 9. The number of nitrogens with zero attached hydrogens (tertiary/aromatic N) is 2. The van der Waals surface area contributed by atoms with E-state index >= 15 is 0 Å². The van der Waals surface area contributed by atoms with Crippen LogP contribution in [0.15, 0.2) is 139 Å². The highest BCUT2D eigenvalue weighted by Crippen LogP contribution is 2.33. The summed E-state index contributed by atoms with van der Waals surface area (Å²) in [5.74, 6) is 0.431. The Morgan fingerprint density at radius 2 is 1.22 bits per heavy atom. The van der Waals surface area contributed by atoms with Gasteiger partial charge in [0.1, 0.15) is 32.7 Å². The first-order valence-corrected chi connectivity index (χ1v) is 18.5. The van der Waals surface area contributed by atoms with Crippen molar-refractivity contribution in [2.24, 2.45) is 0 Å². The van der Waals surface area contributed by atoms with Crippen molar-refractivity contribution in [1.29, 1.82) is 0 Å². The summed E-state index contributed by atoms with van der Waals surface area (Å²) in [5, 5.41) is 8.98. The Kier molecular flexibility index (Phi) is 12.3. The van der Waals surface area contributed by atoms with E-state index in [4.69, 9.17) is 18.5 Å². The molecule has 0 spiro atoms. The average molecular weight is 795 g/mol. The number of sulfone groups is 1. The zero-order chi connectivity index (χ0) is 34.6. The molecule has 7 aromatic rings. The van der Waals surface area contributed by atoms with Gasteiger partial charge in [-0.3, -0.25) is 4.72 Å². The van der Waals surface area contributed by atoms with Crippen LogP contribution in [0, 0.1) is 0 Å². The van der Waals surface area contributed by atoms with E-state index in [0.29, 0.717) is 33.4 Å². The molecule has 0 aliphatic rings. The molecule has 0 saturated heterocycles. The minimum Gasteiger partial charge on any atom is -0.495 e. The number of aromatic nitrogens is 2. The molecule has 1 N–H and O–H groups in total. The first-order chi connectivity index (χ1) is 23.6. The predicted molar refractivity (Wildman–Crippen MR) is 202 cm³/mol. The lowest BCUT2D eigenvalue weighted by molar-refractivity contribution is 0.402. The molecule has 266 valence electrons. The molecule has 2 aromatic heterocycles. The lowest BCUT2D eigenvalue weighted by Gasteiger charge is -2.12. The maximum atomic E-state index is 12.9. The van der Waals surface area contributed by atoms with Crippen LogP contribution >= 0.6 is 15.9 Å². The third kappa shape index (κ3) is 8.42. The summed E-state index contributed by atoms with van der Waals surface area (Å²) in [6.45, 7) is 0. The topological polar surface area (TPSA) is 151 Å². The molecular formula is C37H36BrN3O8S2. The maximum Gasteiger partial charge on any atom is 0.266 e. The van der Waals surface area contributed by atoms with Crippen molar-refractivity contribution in [3.63, 3.8) is 0 Å². The molecule has 0 aliphatic heterocycles. The van der Waals surface area contributed by atoms with E-state index in [9.17, 15) is 16.8 Å². The van der Waals surface area contributed by atoms with Crippen LogP contribution in [0.4, 0.5) is 5.82 Å². The lowest BCUT2D eigenvalue weighted by Crippen LogP contribution is -2.14. The van der Waals surface area contributed by atoms with Crippen molar-refractivity contribution in [2.75, 3.05) is 18.9 Å². The Morgan fingerprint density at radius 3 is 1.90 bits per heavy atom. The van der Waals surface area contributed by atoms with E-state index in [-0.39, 0.29) is 42.0 Å². The molecule has 51 heavy (non-hydrogen) atoms. The van der Waals surface area contributed by atoms with Crippen LogP contribution in [0.5, 0.6) is 11.5 Å². The van der Waals surface area contributed by atoms with Crippen LogP contribution in [-0.4, -0.2) is 41.4 Å². The summed E-state index contributed by atoms with van der Waals surface area (Å²) in [6, 6.07) is 33.6. The lowest BCUT2D eigenvalue weighted by atomic mass is 10.1. The standard InChI is InChI=1S/C20H16N2O4S.C15H12BrNO4S.2CH4/c1-25-18-13-15(14-7-3-2-4-8-14)11-12-19(18)27(23,24)22-20-16-9-5-6-10-17(16)26-21-20;1-20-14-8-10(16)6-7-15(14)22(18,19)9-12-11-4-2-3-5-13(11)21-17-12;;/h2-13H,1H3,(H,21,22);2-8H,9H2,1H3;2*1H4. The van der Waals surface area contributed by atoms with Gasteiger partial charge in [-0.2, -0.15) is 0 Å². The Morgan fingerprint density at radius 1 is 0.647 bits per heavy atom. The molecule has 0 aliphatic carbocycles.